The Morgan fingerprint density at radius 1 is 1.56 bits per heavy atom. The minimum Gasteiger partial charge on any atom is -0.480 e. The van der Waals surface area contributed by atoms with Crippen LogP contribution in [0.3, 0.4) is 0 Å². The summed E-state index contributed by atoms with van der Waals surface area (Å²) >= 11 is 0. The first-order valence-corrected chi connectivity index (χ1v) is 5.20. The zero-order chi connectivity index (χ0) is 11.7. The standard InChI is InChI=1S/C11H13NO4/c1-7(11(14)15)12(8-4-5-8)10(13)9-3-2-6-16-9/h2-3,6-8H,4-5H2,1H3,(H,14,15). The highest BCUT2D eigenvalue weighted by Crippen LogP contribution is 2.30. The molecule has 1 amide bonds. The number of carbonyl (C=O) groups excluding carboxylic acids is 1. The average molecular weight is 223 g/mol. The lowest BCUT2D eigenvalue weighted by Crippen LogP contribution is -2.44. The fourth-order valence-corrected chi connectivity index (χ4v) is 1.66. The van der Waals surface area contributed by atoms with Crippen molar-refractivity contribution in [2.24, 2.45) is 0 Å². The Bertz CT molecular complexity index is 394. The summed E-state index contributed by atoms with van der Waals surface area (Å²) in [7, 11) is 0. The minimum atomic E-state index is -0.994. The SMILES string of the molecule is CC(C(=O)O)N(C(=O)c1ccco1)C1CC1. The zero-order valence-corrected chi connectivity index (χ0v) is 8.92. The van der Waals surface area contributed by atoms with E-state index in [-0.39, 0.29) is 17.7 Å². The minimum absolute atomic E-state index is 0.0451. The topological polar surface area (TPSA) is 70.8 Å². The van der Waals surface area contributed by atoms with Gasteiger partial charge in [0.2, 0.25) is 0 Å². The maximum Gasteiger partial charge on any atom is 0.326 e. The monoisotopic (exact) mass is 223 g/mol. The van der Waals surface area contributed by atoms with Gasteiger partial charge < -0.3 is 14.4 Å². The van der Waals surface area contributed by atoms with Gasteiger partial charge in [-0.05, 0) is 31.9 Å². The van der Waals surface area contributed by atoms with Crippen LogP contribution in [0.15, 0.2) is 22.8 Å². The van der Waals surface area contributed by atoms with Crippen molar-refractivity contribution in [2.45, 2.75) is 31.8 Å². The quantitative estimate of drug-likeness (QED) is 0.836. The van der Waals surface area contributed by atoms with Crippen LogP contribution in [0.5, 0.6) is 0 Å². The van der Waals surface area contributed by atoms with E-state index in [4.69, 9.17) is 9.52 Å². The summed E-state index contributed by atoms with van der Waals surface area (Å²) in [6.45, 7) is 1.52. The van der Waals surface area contributed by atoms with Gasteiger partial charge in [-0.25, -0.2) is 4.79 Å². The Balaban J connectivity index is 2.19. The molecule has 5 heteroatoms. The van der Waals surface area contributed by atoms with E-state index in [1.54, 1.807) is 12.1 Å². The van der Waals surface area contributed by atoms with Crippen molar-refractivity contribution < 1.29 is 19.1 Å². The molecule has 0 aliphatic heterocycles. The lowest BCUT2D eigenvalue weighted by atomic mass is 10.2. The highest BCUT2D eigenvalue weighted by atomic mass is 16.4. The predicted molar refractivity (Wildman–Crippen MR) is 55.0 cm³/mol. The zero-order valence-electron chi connectivity index (χ0n) is 8.92. The number of hydrogen-bond acceptors (Lipinski definition) is 3. The van der Waals surface area contributed by atoms with Crippen molar-refractivity contribution in [1.82, 2.24) is 4.90 Å². The van der Waals surface area contributed by atoms with E-state index in [0.717, 1.165) is 12.8 Å². The van der Waals surface area contributed by atoms with Crippen LogP contribution in [0, 0.1) is 0 Å². The number of rotatable bonds is 4. The Hall–Kier alpha value is -1.78. The lowest BCUT2D eigenvalue weighted by molar-refractivity contribution is -0.141. The second-order valence-electron chi connectivity index (χ2n) is 3.94. The number of carbonyl (C=O) groups is 2. The number of hydrogen-bond donors (Lipinski definition) is 1. The molecule has 1 fully saturated rings. The van der Waals surface area contributed by atoms with Crippen molar-refractivity contribution in [3.05, 3.63) is 24.2 Å². The maximum absolute atomic E-state index is 12.0. The van der Waals surface area contributed by atoms with Crippen LogP contribution in [0.25, 0.3) is 0 Å². The molecule has 5 nitrogen and oxygen atoms in total. The Labute approximate surface area is 92.7 Å². The molecule has 1 unspecified atom stereocenters. The normalized spacial score (nSPS) is 16.8. The summed E-state index contributed by atoms with van der Waals surface area (Å²) < 4.78 is 5.00. The van der Waals surface area contributed by atoms with Crippen LogP contribution >= 0.6 is 0 Å². The van der Waals surface area contributed by atoms with Crippen LogP contribution in [-0.4, -0.2) is 34.0 Å². The van der Waals surface area contributed by atoms with Crippen LogP contribution in [0.2, 0.25) is 0 Å². The molecule has 16 heavy (non-hydrogen) atoms. The van der Waals surface area contributed by atoms with Gasteiger partial charge in [0.15, 0.2) is 5.76 Å². The molecule has 86 valence electrons. The molecule has 1 aromatic heterocycles. The first-order valence-electron chi connectivity index (χ1n) is 5.20. The van der Waals surface area contributed by atoms with E-state index in [2.05, 4.69) is 0 Å². The fourth-order valence-electron chi connectivity index (χ4n) is 1.66. The number of carboxylic acids is 1. The molecule has 1 N–H and O–H groups in total. The van der Waals surface area contributed by atoms with E-state index < -0.39 is 12.0 Å². The van der Waals surface area contributed by atoms with Gasteiger partial charge in [-0.15, -0.1) is 0 Å². The van der Waals surface area contributed by atoms with Crippen molar-refractivity contribution in [3.63, 3.8) is 0 Å². The third kappa shape index (κ3) is 1.93. The highest BCUT2D eigenvalue weighted by Gasteiger charge is 2.39. The summed E-state index contributed by atoms with van der Waals surface area (Å²) in [5, 5.41) is 8.95. The molecule has 1 aliphatic rings. The second kappa shape index (κ2) is 4.00. The van der Waals surface area contributed by atoms with E-state index in [9.17, 15) is 9.59 Å². The molecule has 2 rings (SSSR count). The molecule has 1 aliphatic carbocycles. The van der Waals surface area contributed by atoms with Gasteiger partial charge in [-0.2, -0.15) is 0 Å². The number of furan rings is 1. The van der Waals surface area contributed by atoms with Crippen LogP contribution in [-0.2, 0) is 4.79 Å². The summed E-state index contributed by atoms with van der Waals surface area (Å²) in [6, 6.07) is 2.39. The Morgan fingerprint density at radius 3 is 2.69 bits per heavy atom. The van der Waals surface area contributed by atoms with Gasteiger partial charge in [0.1, 0.15) is 6.04 Å². The molecule has 1 aromatic rings. The van der Waals surface area contributed by atoms with Crippen molar-refractivity contribution in [1.29, 1.82) is 0 Å². The van der Waals surface area contributed by atoms with Crippen LogP contribution in [0.1, 0.15) is 30.3 Å². The Morgan fingerprint density at radius 2 is 2.25 bits per heavy atom. The average Bonchev–Trinajstić information content (AvgIpc) is 2.93. The van der Waals surface area contributed by atoms with Crippen LogP contribution in [0.4, 0.5) is 0 Å². The van der Waals surface area contributed by atoms with Gasteiger partial charge in [0.25, 0.3) is 5.91 Å². The summed E-state index contributed by atoms with van der Waals surface area (Å²) in [5.74, 6) is -1.14. The third-order valence-corrected chi connectivity index (χ3v) is 2.68. The summed E-state index contributed by atoms with van der Waals surface area (Å²) in [6.07, 6.45) is 3.14. The molecule has 0 radical (unpaired) electrons. The number of aliphatic carboxylic acids is 1. The van der Waals surface area contributed by atoms with Crippen molar-refractivity contribution in [3.8, 4) is 0 Å². The fraction of sp³-hybridized carbons (Fsp3) is 0.455. The lowest BCUT2D eigenvalue weighted by Gasteiger charge is -2.25. The van der Waals surface area contributed by atoms with E-state index in [1.807, 2.05) is 0 Å². The molecule has 0 saturated heterocycles. The van der Waals surface area contributed by atoms with E-state index in [0.29, 0.717) is 0 Å². The predicted octanol–water partition coefficient (Wildman–Crippen LogP) is 1.36. The summed E-state index contributed by atoms with van der Waals surface area (Å²) in [4.78, 5) is 24.3. The van der Waals surface area contributed by atoms with Gasteiger partial charge in [-0.1, -0.05) is 0 Å². The van der Waals surface area contributed by atoms with E-state index >= 15 is 0 Å². The van der Waals surface area contributed by atoms with Gasteiger partial charge >= 0.3 is 5.97 Å². The molecule has 1 saturated carbocycles. The smallest absolute Gasteiger partial charge is 0.326 e. The summed E-state index contributed by atoms with van der Waals surface area (Å²) in [5.41, 5.74) is 0. The number of amides is 1. The molecular formula is C11H13NO4. The van der Waals surface area contributed by atoms with Crippen molar-refractivity contribution >= 4 is 11.9 Å². The molecule has 0 bridgehead atoms. The second-order valence-corrected chi connectivity index (χ2v) is 3.94. The van der Waals surface area contributed by atoms with Crippen molar-refractivity contribution in [2.75, 3.05) is 0 Å². The first-order chi connectivity index (χ1) is 7.61. The van der Waals surface area contributed by atoms with Gasteiger partial charge in [0, 0.05) is 6.04 Å². The molecule has 1 heterocycles. The third-order valence-electron chi connectivity index (χ3n) is 2.68. The molecule has 0 aromatic carbocycles. The molecule has 1 atom stereocenters. The molecule has 0 spiro atoms. The van der Waals surface area contributed by atoms with Crippen LogP contribution < -0.4 is 0 Å². The Kier molecular flexibility index (Phi) is 2.68. The highest BCUT2D eigenvalue weighted by molar-refractivity contribution is 5.94. The number of carboxylic acid groups (broad SMARTS) is 1. The van der Waals surface area contributed by atoms with E-state index in [1.165, 1.54) is 18.1 Å². The number of nitrogens with zero attached hydrogens (tertiary/aromatic N) is 1. The largest absolute Gasteiger partial charge is 0.480 e. The van der Waals surface area contributed by atoms with Gasteiger partial charge in [-0.3, -0.25) is 4.79 Å². The first kappa shape index (κ1) is 10.7. The molecular weight excluding hydrogens is 210 g/mol. The van der Waals surface area contributed by atoms with Gasteiger partial charge in [0.05, 0.1) is 6.26 Å². The maximum atomic E-state index is 12.0.